The Bertz CT molecular complexity index is 1060. The number of aliphatic hydroxyl groups is 1. The van der Waals surface area contributed by atoms with Gasteiger partial charge in [-0.05, 0) is 62.9 Å². The Balaban J connectivity index is 1.89. The topological polar surface area (TPSA) is 84.9 Å². The minimum absolute atomic E-state index is 0.0543. The Morgan fingerprint density at radius 1 is 0.806 bits per heavy atom. The molecule has 2 N–H and O–H groups in total. The molecule has 0 aromatic heterocycles. The first-order valence-corrected chi connectivity index (χ1v) is 9.91. The number of rotatable bonds is 7. The van der Waals surface area contributed by atoms with Crippen LogP contribution in [0.1, 0.15) is 43.5 Å². The minimum Gasteiger partial charge on any atom is -0.419 e. The Morgan fingerprint density at radius 2 is 1.29 bits per heavy atom. The molecule has 0 saturated carbocycles. The Labute approximate surface area is 181 Å². The van der Waals surface area contributed by atoms with E-state index in [-0.39, 0.29) is 11.5 Å². The van der Waals surface area contributed by atoms with Crippen molar-refractivity contribution in [3.63, 3.8) is 0 Å². The Hall–Kier alpha value is -3.48. The maximum Gasteiger partial charge on any atom is 0.343 e. The van der Waals surface area contributed by atoms with Crippen LogP contribution in [-0.4, -0.2) is 30.6 Å². The summed E-state index contributed by atoms with van der Waals surface area (Å²) in [5.74, 6) is -1.02. The second-order valence-electron chi connectivity index (χ2n) is 7.29. The monoisotopic (exact) mass is 419 g/mol. The highest BCUT2D eigenvalue weighted by atomic mass is 16.6. The van der Waals surface area contributed by atoms with Gasteiger partial charge >= 0.3 is 11.9 Å². The van der Waals surface area contributed by atoms with E-state index >= 15 is 0 Å². The molecule has 0 fully saturated rings. The van der Waals surface area contributed by atoms with Gasteiger partial charge in [0.2, 0.25) is 0 Å². The highest BCUT2D eigenvalue weighted by Gasteiger charge is 2.19. The van der Waals surface area contributed by atoms with Crippen LogP contribution in [0.15, 0.2) is 66.7 Å². The third-order valence-corrected chi connectivity index (χ3v) is 4.73. The molecule has 0 radical (unpaired) electrons. The first-order valence-electron chi connectivity index (χ1n) is 9.91. The number of carbonyl (C=O) groups is 2. The lowest BCUT2D eigenvalue weighted by atomic mass is 10.1. The summed E-state index contributed by atoms with van der Waals surface area (Å²) in [7, 11) is 1.72. The molecule has 3 aromatic rings. The maximum absolute atomic E-state index is 12.6. The first kappa shape index (κ1) is 22.2. The van der Waals surface area contributed by atoms with Gasteiger partial charge in [-0.3, -0.25) is 0 Å². The normalized spacial score (nSPS) is 11.6. The number of likely N-dealkylation sites (N-methyl/N-ethyl adjacent to an activating group) is 1. The standard InChI is InChI=1S/C25H25NO5/c1-16-4-8-18(9-5-16)24(28)30-22-13-12-20(21(27)15-26-3)14-23(22)31-25(29)19-10-6-17(2)7-11-19/h4-14,21,26-27H,15H2,1-3H3. The molecule has 3 aromatic carbocycles. The molecule has 1 atom stereocenters. The summed E-state index contributed by atoms with van der Waals surface area (Å²) in [4.78, 5) is 25.2. The van der Waals surface area contributed by atoms with Crippen molar-refractivity contribution < 1.29 is 24.2 Å². The average molecular weight is 419 g/mol. The number of aryl methyl sites for hydroxylation is 2. The molecule has 31 heavy (non-hydrogen) atoms. The lowest BCUT2D eigenvalue weighted by Gasteiger charge is -2.15. The zero-order valence-corrected chi connectivity index (χ0v) is 17.7. The van der Waals surface area contributed by atoms with Gasteiger partial charge in [-0.25, -0.2) is 9.59 Å². The SMILES string of the molecule is CNCC(O)c1ccc(OC(=O)c2ccc(C)cc2)c(OC(=O)c2ccc(C)cc2)c1. The van der Waals surface area contributed by atoms with Crippen LogP contribution in [0.2, 0.25) is 0 Å². The molecule has 6 heteroatoms. The summed E-state index contributed by atoms with van der Waals surface area (Å²) in [6.07, 6.45) is -0.816. The Kier molecular flexibility index (Phi) is 7.18. The zero-order chi connectivity index (χ0) is 22.4. The molecule has 3 rings (SSSR count). The van der Waals surface area contributed by atoms with Gasteiger partial charge in [0.15, 0.2) is 11.5 Å². The smallest absolute Gasteiger partial charge is 0.343 e. The van der Waals surface area contributed by atoms with Gasteiger partial charge in [0.1, 0.15) is 0 Å². The predicted molar refractivity (Wildman–Crippen MR) is 118 cm³/mol. The van der Waals surface area contributed by atoms with Gasteiger partial charge in [-0.2, -0.15) is 0 Å². The molecular weight excluding hydrogens is 394 g/mol. The summed E-state index contributed by atoms with van der Waals surface area (Å²) in [6.45, 7) is 4.16. The lowest BCUT2D eigenvalue weighted by Crippen LogP contribution is -2.17. The number of carbonyl (C=O) groups excluding carboxylic acids is 2. The summed E-state index contributed by atoms with van der Waals surface area (Å²) >= 11 is 0. The number of aliphatic hydroxyl groups excluding tert-OH is 1. The van der Waals surface area contributed by atoms with Crippen molar-refractivity contribution in [2.75, 3.05) is 13.6 Å². The number of benzene rings is 3. The highest BCUT2D eigenvalue weighted by Crippen LogP contribution is 2.32. The van der Waals surface area contributed by atoms with Crippen molar-refractivity contribution >= 4 is 11.9 Å². The number of hydrogen-bond donors (Lipinski definition) is 2. The molecular formula is C25H25NO5. The molecule has 160 valence electrons. The summed E-state index contributed by atoms with van der Waals surface area (Å²) in [5.41, 5.74) is 3.30. The van der Waals surface area contributed by atoms with E-state index in [0.717, 1.165) is 11.1 Å². The maximum atomic E-state index is 12.6. The summed E-state index contributed by atoms with van der Waals surface area (Å²) in [6, 6.07) is 18.5. The minimum atomic E-state index is -0.816. The van der Waals surface area contributed by atoms with E-state index in [1.807, 2.05) is 38.1 Å². The van der Waals surface area contributed by atoms with Gasteiger partial charge in [0.05, 0.1) is 17.2 Å². The van der Waals surface area contributed by atoms with Crippen LogP contribution in [0.25, 0.3) is 0 Å². The summed E-state index contributed by atoms with van der Waals surface area (Å²) in [5, 5.41) is 13.2. The van der Waals surface area contributed by atoms with Crippen molar-refractivity contribution in [2.45, 2.75) is 20.0 Å². The van der Waals surface area contributed by atoms with Crippen molar-refractivity contribution in [1.82, 2.24) is 5.32 Å². The van der Waals surface area contributed by atoms with E-state index < -0.39 is 18.0 Å². The predicted octanol–water partition coefficient (Wildman–Crippen LogP) is 3.99. The molecule has 0 spiro atoms. The van der Waals surface area contributed by atoms with Crippen LogP contribution in [0, 0.1) is 13.8 Å². The van der Waals surface area contributed by atoms with Crippen molar-refractivity contribution in [2.24, 2.45) is 0 Å². The quantitative estimate of drug-likeness (QED) is 0.445. The fraction of sp³-hybridized carbons (Fsp3) is 0.200. The van der Waals surface area contributed by atoms with Crippen LogP contribution in [-0.2, 0) is 0 Å². The van der Waals surface area contributed by atoms with Gasteiger partial charge in [-0.15, -0.1) is 0 Å². The number of esters is 2. The van der Waals surface area contributed by atoms with Crippen molar-refractivity contribution in [3.8, 4) is 11.5 Å². The first-order chi connectivity index (χ1) is 14.9. The van der Waals surface area contributed by atoms with Crippen LogP contribution >= 0.6 is 0 Å². The lowest BCUT2D eigenvalue weighted by molar-refractivity contribution is 0.0681. The van der Waals surface area contributed by atoms with E-state index in [2.05, 4.69) is 5.32 Å². The molecule has 0 amide bonds. The highest BCUT2D eigenvalue weighted by molar-refractivity contribution is 5.93. The molecule has 0 bridgehead atoms. The van der Waals surface area contributed by atoms with E-state index in [1.54, 1.807) is 37.4 Å². The number of ether oxygens (including phenoxy) is 2. The fourth-order valence-corrected chi connectivity index (χ4v) is 2.90. The molecule has 0 heterocycles. The second-order valence-corrected chi connectivity index (χ2v) is 7.29. The van der Waals surface area contributed by atoms with Gasteiger partial charge in [0.25, 0.3) is 0 Å². The van der Waals surface area contributed by atoms with Gasteiger partial charge in [-0.1, -0.05) is 41.5 Å². The zero-order valence-electron chi connectivity index (χ0n) is 17.7. The van der Waals surface area contributed by atoms with Crippen LogP contribution in [0.5, 0.6) is 11.5 Å². The largest absolute Gasteiger partial charge is 0.419 e. The molecule has 0 aliphatic rings. The molecule has 6 nitrogen and oxygen atoms in total. The molecule has 0 aliphatic heterocycles. The van der Waals surface area contributed by atoms with E-state index in [4.69, 9.17) is 9.47 Å². The number of nitrogens with one attached hydrogen (secondary N) is 1. The van der Waals surface area contributed by atoms with Gasteiger partial charge in [0, 0.05) is 6.54 Å². The third-order valence-electron chi connectivity index (χ3n) is 4.73. The van der Waals surface area contributed by atoms with Crippen molar-refractivity contribution in [1.29, 1.82) is 0 Å². The second kappa shape index (κ2) is 10.0. The van der Waals surface area contributed by atoms with Crippen LogP contribution in [0.4, 0.5) is 0 Å². The molecule has 1 unspecified atom stereocenters. The fourth-order valence-electron chi connectivity index (χ4n) is 2.90. The summed E-state index contributed by atoms with van der Waals surface area (Å²) < 4.78 is 11.1. The third kappa shape index (κ3) is 5.78. The van der Waals surface area contributed by atoms with E-state index in [0.29, 0.717) is 23.2 Å². The molecule has 0 saturated heterocycles. The average Bonchev–Trinajstić information content (AvgIpc) is 2.76. The van der Waals surface area contributed by atoms with Crippen LogP contribution in [0.3, 0.4) is 0 Å². The molecule has 0 aliphatic carbocycles. The Morgan fingerprint density at radius 3 is 1.77 bits per heavy atom. The van der Waals surface area contributed by atoms with Gasteiger partial charge < -0.3 is 19.9 Å². The van der Waals surface area contributed by atoms with Crippen molar-refractivity contribution in [3.05, 3.63) is 94.5 Å². The van der Waals surface area contributed by atoms with Crippen LogP contribution < -0.4 is 14.8 Å². The number of hydrogen-bond acceptors (Lipinski definition) is 6. The van der Waals surface area contributed by atoms with E-state index in [1.165, 1.54) is 12.1 Å². The van der Waals surface area contributed by atoms with E-state index in [9.17, 15) is 14.7 Å².